The minimum absolute atomic E-state index is 0.141. The summed E-state index contributed by atoms with van der Waals surface area (Å²) in [7, 11) is 0. The second-order valence-electron chi connectivity index (χ2n) is 5.70. The molecular formula is C16H23F2N. The summed E-state index contributed by atoms with van der Waals surface area (Å²) in [6.07, 6.45) is 7.32. The molecule has 0 amide bonds. The van der Waals surface area contributed by atoms with Gasteiger partial charge in [0, 0.05) is 17.6 Å². The predicted octanol–water partition coefficient (Wildman–Crippen LogP) is 4.65. The summed E-state index contributed by atoms with van der Waals surface area (Å²) in [6, 6.07) is 2.91. The van der Waals surface area contributed by atoms with E-state index in [1.54, 1.807) is 6.92 Å². The molecule has 1 unspecified atom stereocenters. The lowest BCUT2D eigenvalue weighted by Crippen LogP contribution is -2.31. The fraction of sp³-hybridized carbons (Fsp3) is 0.625. The highest BCUT2D eigenvalue weighted by Crippen LogP contribution is 2.24. The summed E-state index contributed by atoms with van der Waals surface area (Å²) < 4.78 is 27.5. The molecule has 1 atom stereocenters. The van der Waals surface area contributed by atoms with Gasteiger partial charge in [0.05, 0.1) is 0 Å². The first-order chi connectivity index (χ1) is 9.08. The average Bonchev–Trinajstić information content (AvgIpc) is 2.62. The fourth-order valence-corrected chi connectivity index (χ4v) is 2.88. The minimum atomic E-state index is -0.328. The second-order valence-corrected chi connectivity index (χ2v) is 5.70. The van der Waals surface area contributed by atoms with E-state index in [1.165, 1.54) is 37.8 Å². The van der Waals surface area contributed by atoms with Gasteiger partial charge in [0.15, 0.2) is 0 Å². The van der Waals surface area contributed by atoms with E-state index in [0.717, 1.165) is 12.8 Å². The predicted molar refractivity (Wildman–Crippen MR) is 74.1 cm³/mol. The van der Waals surface area contributed by atoms with E-state index in [0.29, 0.717) is 17.2 Å². The monoisotopic (exact) mass is 267 g/mol. The molecule has 0 heterocycles. The SMILES string of the molecule is Cc1cc(F)c(C(C)NC2CCCCCC2)cc1F. The highest BCUT2D eigenvalue weighted by molar-refractivity contribution is 5.27. The van der Waals surface area contributed by atoms with Gasteiger partial charge in [0.25, 0.3) is 0 Å². The van der Waals surface area contributed by atoms with Crippen LogP contribution >= 0.6 is 0 Å². The van der Waals surface area contributed by atoms with Crippen molar-refractivity contribution in [3.05, 3.63) is 34.9 Å². The first-order valence-electron chi connectivity index (χ1n) is 7.29. The van der Waals surface area contributed by atoms with Gasteiger partial charge in [-0.2, -0.15) is 0 Å². The molecule has 2 rings (SSSR count). The molecule has 1 aromatic carbocycles. The molecule has 1 N–H and O–H groups in total. The third kappa shape index (κ3) is 3.75. The molecule has 106 valence electrons. The Hall–Kier alpha value is -0.960. The summed E-state index contributed by atoms with van der Waals surface area (Å²) in [5.41, 5.74) is 0.801. The quantitative estimate of drug-likeness (QED) is 0.786. The fourth-order valence-electron chi connectivity index (χ4n) is 2.88. The zero-order chi connectivity index (χ0) is 13.8. The summed E-state index contributed by atoms with van der Waals surface area (Å²) in [6.45, 7) is 3.50. The number of halogens is 2. The first-order valence-corrected chi connectivity index (χ1v) is 7.29. The van der Waals surface area contributed by atoms with E-state index >= 15 is 0 Å². The van der Waals surface area contributed by atoms with E-state index in [1.807, 2.05) is 6.92 Å². The molecule has 1 aromatic rings. The van der Waals surface area contributed by atoms with Crippen molar-refractivity contribution in [3.63, 3.8) is 0 Å². The van der Waals surface area contributed by atoms with Gasteiger partial charge in [-0.15, -0.1) is 0 Å². The lowest BCUT2D eigenvalue weighted by atomic mass is 10.0. The van der Waals surface area contributed by atoms with Crippen LogP contribution < -0.4 is 5.32 Å². The Morgan fingerprint density at radius 3 is 2.32 bits per heavy atom. The van der Waals surface area contributed by atoms with Crippen LogP contribution in [0, 0.1) is 18.6 Å². The first kappa shape index (κ1) is 14.4. The summed E-state index contributed by atoms with van der Waals surface area (Å²) in [5, 5.41) is 3.46. The Balaban J connectivity index is 2.06. The van der Waals surface area contributed by atoms with E-state index in [-0.39, 0.29) is 17.7 Å². The number of aryl methyl sites for hydroxylation is 1. The maximum absolute atomic E-state index is 13.9. The summed E-state index contributed by atoms with van der Waals surface area (Å²) in [5.74, 6) is -0.640. The molecule has 0 saturated heterocycles. The van der Waals surface area contributed by atoms with Crippen molar-refractivity contribution in [1.29, 1.82) is 0 Å². The van der Waals surface area contributed by atoms with Crippen LogP contribution in [0.15, 0.2) is 12.1 Å². The Morgan fingerprint density at radius 2 is 1.68 bits per heavy atom. The van der Waals surface area contributed by atoms with Crippen LogP contribution in [-0.4, -0.2) is 6.04 Å². The van der Waals surface area contributed by atoms with E-state index in [9.17, 15) is 8.78 Å². The van der Waals surface area contributed by atoms with Crippen LogP contribution in [0.3, 0.4) is 0 Å². The standard InChI is InChI=1S/C16H23F2N/c1-11-9-16(18)14(10-15(11)17)12(2)19-13-7-5-3-4-6-8-13/h9-10,12-13,19H,3-8H2,1-2H3. The highest BCUT2D eigenvalue weighted by Gasteiger charge is 2.18. The van der Waals surface area contributed by atoms with Gasteiger partial charge in [-0.05, 0) is 44.4 Å². The largest absolute Gasteiger partial charge is 0.307 e. The number of benzene rings is 1. The number of hydrogen-bond donors (Lipinski definition) is 1. The molecule has 1 nitrogen and oxygen atoms in total. The maximum atomic E-state index is 13.9. The molecule has 19 heavy (non-hydrogen) atoms. The molecule has 0 bridgehead atoms. The molecule has 3 heteroatoms. The number of nitrogens with one attached hydrogen (secondary N) is 1. The molecule has 1 aliphatic carbocycles. The smallest absolute Gasteiger partial charge is 0.128 e. The summed E-state index contributed by atoms with van der Waals surface area (Å²) in [4.78, 5) is 0. The van der Waals surface area contributed by atoms with Gasteiger partial charge in [0.2, 0.25) is 0 Å². The Kier molecular flexibility index (Phi) is 4.92. The van der Waals surface area contributed by atoms with Crippen LogP contribution in [0.2, 0.25) is 0 Å². The molecule has 1 aliphatic rings. The molecule has 0 radical (unpaired) electrons. The lowest BCUT2D eigenvalue weighted by Gasteiger charge is -2.23. The molecule has 1 saturated carbocycles. The zero-order valence-corrected chi connectivity index (χ0v) is 11.8. The van der Waals surface area contributed by atoms with E-state index in [4.69, 9.17) is 0 Å². The van der Waals surface area contributed by atoms with Crippen LogP contribution in [0.1, 0.15) is 62.6 Å². The second kappa shape index (κ2) is 6.47. The molecule has 0 spiro atoms. The summed E-state index contributed by atoms with van der Waals surface area (Å²) >= 11 is 0. The van der Waals surface area contributed by atoms with Gasteiger partial charge < -0.3 is 5.32 Å². The van der Waals surface area contributed by atoms with Crippen LogP contribution in [0.5, 0.6) is 0 Å². The highest BCUT2D eigenvalue weighted by atomic mass is 19.1. The van der Waals surface area contributed by atoms with E-state index < -0.39 is 0 Å². The van der Waals surface area contributed by atoms with Crippen LogP contribution in [0.25, 0.3) is 0 Å². The van der Waals surface area contributed by atoms with Crippen molar-refractivity contribution in [3.8, 4) is 0 Å². The van der Waals surface area contributed by atoms with Crippen molar-refractivity contribution in [1.82, 2.24) is 5.32 Å². The maximum Gasteiger partial charge on any atom is 0.128 e. The van der Waals surface area contributed by atoms with Crippen molar-refractivity contribution < 1.29 is 8.78 Å². The minimum Gasteiger partial charge on any atom is -0.307 e. The van der Waals surface area contributed by atoms with Crippen molar-refractivity contribution in [2.45, 2.75) is 64.5 Å². The molecular weight excluding hydrogens is 244 g/mol. The Labute approximate surface area is 114 Å². The Morgan fingerprint density at radius 1 is 1.05 bits per heavy atom. The normalized spacial score (nSPS) is 19.2. The van der Waals surface area contributed by atoms with Gasteiger partial charge in [0.1, 0.15) is 11.6 Å². The van der Waals surface area contributed by atoms with E-state index in [2.05, 4.69) is 5.32 Å². The average molecular weight is 267 g/mol. The van der Waals surface area contributed by atoms with Gasteiger partial charge in [-0.3, -0.25) is 0 Å². The number of hydrogen-bond acceptors (Lipinski definition) is 1. The molecule has 0 aliphatic heterocycles. The van der Waals surface area contributed by atoms with Gasteiger partial charge >= 0.3 is 0 Å². The Bertz CT molecular complexity index is 423. The van der Waals surface area contributed by atoms with Crippen molar-refractivity contribution in [2.24, 2.45) is 0 Å². The number of rotatable bonds is 3. The molecule has 1 fully saturated rings. The third-order valence-corrected chi connectivity index (χ3v) is 4.09. The van der Waals surface area contributed by atoms with Crippen molar-refractivity contribution in [2.75, 3.05) is 0 Å². The lowest BCUT2D eigenvalue weighted by molar-refractivity contribution is 0.404. The third-order valence-electron chi connectivity index (χ3n) is 4.09. The van der Waals surface area contributed by atoms with Crippen LogP contribution in [0.4, 0.5) is 8.78 Å². The zero-order valence-electron chi connectivity index (χ0n) is 11.8. The van der Waals surface area contributed by atoms with Crippen LogP contribution in [-0.2, 0) is 0 Å². The van der Waals surface area contributed by atoms with Gasteiger partial charge in [-0.1, -0.05) is 25.7 Å². The van der Waals surface area contributed by atoms with Crippen molar-refractivity contribution >= 4 is 0 Å². The topological polar surface area (TPSA) is 12.0 Å². The molecule has 0 aromatic heterocycles. The van der Waals surface area contributed by atoms with Gasteiger partial charge in [-0.25, -0.2) is 8.78 Å².